The molecule has 9 heteroatoms. The molecule has 2 heterocycles. The molecular weight excluding hydrogens is 327 g/mol. The zero-order chi connectivity index (χ0) is 14.7. The number of hydrogen-bond acceptors (Lipinski definition) is 6. The molecule has 0 radical (unpaired) electrons. The lowest BCUT2D eigenvalue weighted by Crippen LogP contribution is -2.12. The molecule has 0 aliphatic rings. The van der Waals surface area contributed by atoms with Crippen LogP contribution in [0.1, 0.15) is 10.4 Å². The Balaban J connectivity index is 2.11. The predicted molar refractivity (Wildman–Crippen MR) is 75.1 cm³/mol. The third kappa shape index (κ3) is 3.24. The van der Waals surface area contributed by atoms with E-state index in [-0.39, 0.29) is 22.3 Å². The average molecular weight is 333 g/mol. The van der Waals surface area contributed by atoms with Crippen LogP contribution in [0.15, 0.2) is 24.4 Å². The van der Waals surface area contributed by atoms with Gasteiger partial charge in [0.1, 0.15) is 10.5 Å². The molecule has 0 N–H and O–H groups in total. The van der Waals surface area contributed by atoms with Crippen molar-refractivity contribution in [3.05, 3.63) is 48.7 Å². The van der Waals surface area contributed by atoms with Crippen molar-refractivity contribution in [2.75, 3.05) is 6.61 Å². The number of carbonyl (C=O) groups is 1. The Hall–Kier alpha value is -1.70. The molecule has 0 aromatic carbocycles. The van der Waals surface area contributed by atoms with Crippen LogP contribution in [0.2, 0.25) is 8.67 Å². The van der Waals surface area contributed by atoms with Crippen molar-refractivity contribution in [2.45, 2.75) is 0 Å². The Labute approximate surface area is 127 Å². The molecule has 20 heavy (non-hydrogen) atoms. The number of nitrogens with zero attached hydrogens (tertiary/aromatic N) is 2. The fraction of sp³-hybridized carbons (Fsp3) is 0.0909. The fourth-order valence-corrected chi connectivity index (χ4v) is 2.88. The summed E-state index contributed by atoms with van der Waals surface area (Å²) >= 11 is 12.6. The van der Waals surface area contributed by atoms with Crippen LogP contribution >= 0.6 is 34.5 Å². The zero-order valence-corrected chi connectivity index (χ0v) is 12.0. The maximum Gasteiger partial charge on any atom is 0.406 e. The summed E-state index contributed by atoms with van der Waals surface area (Å²) in [6.45, 7) is -0.390. The van der Waals surface area contributed by atoms with Gasteiger partial charge in [-0.05, 0) is 28.1 Å². The molecule has 0 saturated heterocycles. The van der Waals surface area contributed by atoms with E-state index in [4.69, 9.17) is 27.9 Å². The summed E-state index contributed by atoms with van der Waals surface area (Å²) < 4.78 is 5.76. The lowest BCUT2D eigenvalue weighted by atomic mass is 10.2. The minimum atomic E-state index is -0.686. The van der Waals surface area contributed by atoms with Crippen molar-refractivity contribution < 1.29 is 14.5 Å². The Morgan fingerprint density at radius 1 is 1.50 bits per heavy atom. The number of nitro groups is 1. The largest absolute Gasteiger partial charge is 0.477 e. The number of ether oxygens (including phenoxy) is 1. The fourth-order valence-electron chi connectivity index (χ4n) is 1.38. The SMILES string of the molecule is O=C(COc1cccnc1[N+](=O)[O-])c1cc(Cl)sc1Cl. The van der Waals surface area contributed by atoms with E-state index in [1.165, 1.54) is 24.4 Å². The summed E-state index contributed by atoms with van der Waals surface area (Å²) in [7, 11) is 0. The standard InChI is InChI=1S/C11H6Cl2N2O4S/c12-9-4-6(10(13)20-9)7(16)5-19-8-2-1-3-14-11(8)15(17)18/h1-4H,5H2. The summed E-state index contributed by atoms with van der Waals surface area (Å²) in [5, 5.41) is 10.7. The molecule has 0 saturated carbocycles. The Kier molecular flexibility index (Phi) is 4.53. The molecule has 6 nitrogen and oxygen atoms in total. The van der Waals surface area contributed by atoms with Gasteiger partial charge >= 0.3 is 5.82 Å². The number of thiophene rings is 1. The van der Waals surface area contributed by atoms with Gasteiger partial charge in [0, 0.05) is 0 Å². The molecule has 0 fully saturated rings. The number of hydrogen-bond donors (Lipinski definition) is 0. The van der Waals surface area contributed by atoms with Crippen LogP contribution in [0.4, 0.5) is 5.82 Å². The van der Waals surface area contributed by atoms with Gasteiger partial charge in [-0.2, -0.15) is 0 Å². The van der Waals surface area contributed by atoms with Crippen LogP contribution in [0.25, 0.3) is 0 Å². The molecule has 2 aromatic heterocycles. The highest BCUT2D eigenvalue weighted by atomic mass is 35.5. The van der Waals surface area contributed by atoms with Gasteiger partial charge < -0.3 is 14.9 Å². The van der Waals surface area contributed by atoms with Crippen LogP contribution in [0, 0.1) is 10.1 Å². The second-order valence-electron chi connectivity index (χ2n) is 3.53. The molecule has 0 aliphatic carbocycles. The lowest BCUT2D eigenvalue weighted by molar-refractivity contribution is -0.390. The molecule has 104 valence electrons. The zero-order valence-electron chi connectivity index (χ0n) is 9.71. The molecule has 2 aromatic rings. The van der Waals surface area contributed by atoms with E-state index in [1.54, 1.807) is 0 Å². The van der Waals surface area contributed by atoms with Gasteiger partial charge in [-0.25, -0.2) is 0 Å². The van der Waals surface area contributed by atoms with Gasteiger partial charge in [0.25, 0.3) is 0 Å². The van der Waals surface area contributed by atoms with Crippen LogP contribution in [0.5, 0.6) is 5.75 Å². The second kappa shape index (κ2) is 6.17. The van der Waals surface area contributed by atoms with Crippen molar-refractivity contribution >= 4 is 46.1 Å². The lowest BCUT2D eigenvalue weighted by Gasteiger charge is -2.04. The van der Waals surface area contributed by atoms with Crippen LogP contribution in [-0.2, 0) is 0 Å². The van der Waals surface area contributed by atoms with Crippen molar-refractivity contribution in [2.24, 2.45) is 0 Å². The summed E-state index contributed by atoms with van der Waals surface area (Å²) in [6.07, 6.45) is 1.27. The molecule has 0 unspecified atom stereocenters. The number of aromatic nitrogens is 1. The first-order chi connectivity index (χ1) is 9.49. The molecule has 0 atom stereocenters. The van der Waals surface area contributed by atoms with Gasteiger partial charge in [-0.15, -0.1) is 11.3 Å². The summed E-state index contributed by atoms with van der Waals surface area (Å²) in [5.74, 6) is -0.950. The number of halogens is 2. The highest BCUT2D eigenvalue weighted by Gasteiger charge is 2.19. The maximum atomic E-state index is 11.9. The van der Waals surface area contributed by atoms with Crippen LogP contribution in [-0.4, -0.2) is 22.3 Å². The van der Waals surface area contributed by atoms with Gasteiger partial charge in [0.15, 0.2) is 6.61 Å². The van der Waals surface area contributed by atoms with Gasteiger partial charge in [-0.1, -0.05) is 23.2 Å². The van der Waals surface area contributed by atoms with E-state index < -0.39 is 16.5 Å². The number of rotatable bonds is 5. The quantitative estimate of drug-likeness (QED) is 0.474. The maximum absolute atomic E-state index is 11.9. The average Bonchev–Trinajstić information content (AvgIpc) is 2.75. The minimum absolute atomic E-state index is 0.0803. The van der Waals surface area contributed by atoms with Crippen molar-refractivity contribution in [3.63, 3.8) is 0 Å². The first kappa shape index (κ1) is 14.7. The van der Waals surface area contributed by atoms with E-state index in [1.807, 2.05) is 0 Å². The third-order valence-electron chi connectivity index (χ3n) is 2.24. The number of Topliss-reactive ketones (excluding diaryl/α,β-unsaturated/α-hetero) is 1. The highest BCUT2D eigenvalue weighted by Crippen LogP contribution is 2.31. The smallest absolute Gasteiger partial charge is 0.406 e. The topological polar surface area (TPSA) is 82.3 Å². The number of ketones is 1. The highest BCUT2D eigenvalue weighted by molar-refractivity contribution is 7.20. The van der Waals surface area contributed by atoms with Gasteiger partial charge in [-0.3, -0.25) is 4.79 Å². The van der Waals surface area contributed by atoms with E-state index >= 15 is 0 Å². The summed E-state index contributed by atoms with van der Waals surface area (Å²) in [5.41, 5.74) is 0.230. The van der Waals surface area contributed by atoms with Crippen LogP contribution < -0.4 is 4.74 Å². The third-order valence-corrected chi connectivity index (χ3v) is 3.73. The van der Waals surface area contributed by atoms with Crippen LogP contribution in [0.3, 0.4) is 0 Å². The Morgan fingerprint density at radius 3 is 2.85 bits per heavy atom. The minimum Gasteiger partial charge on any atom is -0.477 e. The van der Waals surface area contributed by atoms with E-state index in [9.17, 15) is 14.9 Å². The molecule has 0 aliphatic heterocycles. The van der Waals surface area contributed by atoms with Gasteiger partial charge in [0.2, 0.25) is 11.5 Å². The number of pyridine rings is 1. The van der Waals surface area contributed by atoms with Crippen molar-refractivity contribution in [1.82, 2.24) is 4.98 Å². The first-order valence-corrected chi connectivity index (χ1v) is 6.76. The summed E-state index contributed by atoms with van der Waals surface area (Å²) in [6, 6.07) is 4.26. The van der Waals surface area contributed by atoms with E-state index in [2.05, 4.69) is 4.98 Å². The summed E-state index contributed by atoms with van der Waals surface area (Å²) in [4.78, 5) is 25.5. The molecule has 0 spiro atoms. The molecule has 0 bridgehead atoms. The normalized spacial score (nSPS) is 10.3. The predicted octanol–water partition coefficient (Wildman–Crippen LogP) is 3.62. The van der Waals surface area contributed by atoms with Gasteiger partial charge in [0.05, 0.1) is 9.90 Å². The van der Waals surface area contributed by atoms with E-state index in [0.717, 1.165) is 11.3 Å². The number of carbonyl (C=O) groups excluding carboxylic acids is 1. The monoisotopic (exact) mass is 332 g/mol. The molecule has 0 amide bonds. The second-order valence-corrected chi connectivity index (χ2v) is 5.82. The Bertz CT molecular complexity index is 674. The first-order valence-electron chi connectivity index (χ1n) is 5.19. The van der Waals surface area contributed by atoms with Crippen molar-refractivity contribution in [1.29, 1.82) is 0 Å². The molecular formula is C11H6Cl2N2O4S. The molecule has 2 rings (SSSR count). The van der Waals surface area contributed by atoms with E-state index in [0.29, 0.717) is 4.34 Å². The Morgan fingerprint density at radius 2 is 2.25 bits per heavy atom. The van der Waals surface area contributed by atoms with Crippen molar-refractivity contribution in [3.8, 4) is 5.75 Å².